The van der Waals surface area contributed by atoms with Gasteiger partial charge >= 0.3 is 0 Å². The molecular formula is C12H12N2O2. The van der Waals surface area contributed by atoms with Gasteiger partial charge in [0, 0.05) is 29.2 Å². The van der Waals surface area contributed by atoms with Crippen molar-refractivity contribution in [3.63, 3.8) is 0 Å². The van der Waals surface area contributed by atoms with Gasteiger partial charge < -0.3 is 15.2 Å². The lowest BCUT2D eigenvalue weighted by molar-refractivity contribution is -0.0593. The molecule has 3 rings (SSSR count). The van der Waals surface area contributed by atoms with Crippen LogP contribution in [0.15, 0.2) is 29.3 Å². The Labute approximate surface area is 92.3 Å². The average Bonchev–Trinajstić information content (AvgIpc) is 2.67. The van der Waals surface area contributed by atoms with E-state index in [0.717, 1.165) is 28.6 Å². The molecule has 4 nitrogen and oxygen atoms in total. The number of H-pyrrole nitrogens is 1. The molecule has 1 unspecified atom stereocenters. The van der Waals surface area contributed by atoms with Gasteiger partial charge in [0.25, 0.3) is 0 Å². The van der Waals surface area contributed by atoms with E-state index in [1.54, 1.807) is 6.21 Å². The predicted molar refractivity (Wildman–Crippen MR) is 61.5 cm³/mol. The first-order valence-electron chi connectivity index (χ1n) is 5.24. The van der Waals surface area contributed by atoms with Crippen LogP contribution in [0.4, 0.5) is 0 Å². The normalized spacial score (nSPS) is 19.3. The Balaban J connectivity index is 2.24. The maximum absolute atomic E-state index is 9.27. The SMILES string of the molecule is OC(O)C1N=CCc2c1[nH]c1ccccc21. The molecule has 0 radical (unpaired) electrons. The molecule has 4 heteroatoms. The summed E-state index contributed by atoms with van der Waals surface area (Å²) in [6, 6.07) is 7.36. The van der Waals surface area contributed by atoms with Crippen molar-refractivity contribution in [2.24, 2.45) is 4.99 Å². The zero-order valence-corrected chi connectivity index (χ0v) is 8.59. The molecular weight excluding hydrogens is 204 g/mol. The number of aromatic amines is 1. The molecule has 0 spiro atoms. The number of nitrogens with one attached hydrogen (secondary N) is 1. The number of hydrogen-bond acceptors (Lipinski definition) is 3. The Kier molecular flexibility index (Phi) is 2.05. The number of nitrogens with zero attached hydrogens (tertiary/aromatic N) is 1. The van der Waals surface area contributed by atoms with Crippen molar-refractivity contribution in [3.8, 4) is 0 Å². The summed E-state index contributed by atoms with van der Waals surface area (Å²) in [5.41, 5.74) is 2.95. The molecule has 1 atom stereocenters. The minimum atomic E-state index is -1.46. The highest BCUT2D eigenvalue weighted by molar-refractivity contribution is 5.88. The summed E-state index contributed by atoms with van der Waals surface area (Å²) in [5, 5.41) is 19.7. The Morgan fingerprint density at radius 2 is 2.12 bits per heavy atom. The first-order chi connectivity index (χ1) is 7.77. The van der Waals surface area contributed by atoms with Gasteiger partial charge in [-0.15, -0.1) is 0 Å². The van der Waals surface area contributed by atoms with Crippen LogP contribution in [0.3, 0.4) is 0 Å². The molecule has 0 bridgehead atoms. The molecule has 1 aliphatic rings. The second-order valence-electron chi connectivity index (χ2n) is 3.96. The van der Waals surface area contributed by atoms with Crippen molar-refractivity contribution >= 4 is 17.1 Å². The van der Waals surface area contributed by atoms with E-state index in [-0.39, 0.29) is 0 Å². The van der Waals surface area contributed by atoms with E-state index in [2.05, 4.69) is 9.98 Å². The molecule has 1 aromatic heterocycles. The third-order valence-electron chi connectivity index (χ3n) is 2.99. The minimum absolute atomic E-state index is 0.587. The first-order valence-corrected chi connectivity index (χ1v) is 5.24. The summed E-state index contributed by atoms with van der Waals surface area (Å²) in [7, 11) is 0. The molecule has 0 saturated heterocycles. The monoisotopic (exact) mass is 216 g/mol. The Hall–Kier alpha value is -1.65. The number of aliphatic hydroxyl groups is 2. The van der Waals surface area contributed by atoms with Crippen molar-refractivity contribution in [1.29, 1.82) is 0 Å². The van der Waals surface area contributed by atoms with Crippen molar-refractivity contribution in [2.75, 3.05) is 0 Å². The zero-order valence-electron chi connectivity index (χ0n) is 8.59. The predicted octanol–water partition coefficient (Wildman–Crippen LogP) is 1.15. The number of benzene rings is 1. The molecule has 0 amide bonds. The number of rotatable bonds is 1. The average molecular weight is 216 g/mol. The van der Waals surface area contributed by atoms with Gasteiger partial charge in [-0.1, -0.05) is 18.2 Å². The van der Waals surface area contributed by atoms with Crippen LogP contribution in [0, 0.1) is 0 Å². The van der Waals surface area contributed by atoms with Gasteiger partial charge in [0.15, 0.2) is 6.29 Å². The van der Waals surface area contributed by atoms with Gasteiger partial charge in [-0.2, -0.15) is 0 Å². The van der Waals surface area contributed by atoms with Crippen LogP contribution in [0.25, 0.3) is 10.9 Å². The molecule has 2 heterocycles. The highest BCUT2D eigenvalue weighted by Gasteiger charge is 2.26. The first kappa shape index (κ1) is 9.57. The molecule has 1 aromatic carbocycles. The van der Waals surface area contributed by atoms with Crippen LogP contribution in [-0.2, 0) is 6.42 Å². The third kappa shape index (κ3) is 1.27. The summed E-state index contributed by atoms with van der Waals surface area (Å²) in [6.07, 6.45) is 1.03. The molecule has 1 aliphatic heterocycles. The summed E-state index contributed by atoms with van der Waals surface area (Å²) < 4.78 is 0. The summed E-state index contributed by atoms with van der Waals surface area (Å²) in [6.45, 7) is 0. The standard InChI is InChI=1S/C12H12N2O2/c15-12(16)11-10-8(5-6-13-11)7-3-1-2-4-9(7)14-10/h1-4,6,11-12,14-16H,5H2. The van der Waals surface area contributed by atoms with Crippen LogP contribution >= 0.6 is 0 Å². The van der Waals surface area contributed by atoms with Gasteiger partial charge in [-0.3, -0.25) is 4.99 Å². The van der Waals surface area contributed by atoms with Crippen LogP contribution in [0.5, 0.6) is 0 Å². The maximum Gasteiger partial charge on any atom is 0.180 e. The highest BCUT2D eigenvalue weighted by atomic mass is 16.5. The van der Waals surface area contributed by atoms with E-state index < -0.39 is 12.3 Å². The molecule has 2 aromatic rings. The third-order valence-corrected chi connectivity index (χ3v) is 2.99. The second kappa shape index (κ2) is 3.43. The smallest absolute Gasteiger partial charge is 0.180 e. The van der Waals surface area contributed by atoms with Gasteiger partial charge in [-0.05, 0) is 11.6 Å². The van der Waals surface area contributed by atoms with Gasteiger partial charge in [0.2, 0.25) is 0 Å². The molecule has 0 aliphatic carbocycles. The molecule has 0 fully saturated rings. The summed E-state index contributed by atoms with van der Waals surface area (Å²) in [4.78, 5) is 7.32. The van der Waals surface area contributed by atoms with Gasteiger partial charge in [-0.25, -0.2) is 0 Å². The molecule has 3 N–H and O–H groups in total. The highest BCUT2D eigenvalue weighted by Crippen LogP contribution is 2.32. The fourth-order valence-electron chi connectivity index (χ4n) is 2.25. The maximum atomic E-state index is 9.27. The van der Waals surface area contributed by atoms with Crippen LogP contribution in [0.2, 0.25) is 0 Å². The van der Waals surface area contributed by atoms with Crippen molar-refractivity contribution in [2.45, 2.75) is 18.8 Å². The molecule has 82 valence electrons. The molecule has 0 saturated carbocycles. The Bertz CT molecular complexity index is 557. The topological polar surface area (TPSA) is 68.6 Å². The van der Waals surface area contributed by atoms with Crippen LogP contribution < -0.4 is 0 Å². The quantitative estimate of drug-likeness (QED) is 0.626. The Morgan fingerprint density at radius 3 is 2.94 bits per heavy atom. The number of aliphatic imine (C=N–C) groups is 1. The number of fused-ring (bicyclic) bond motifs is 3. The summed E-state index contributed by atoms with van der Waals surface area (Å²) >= 11 is 0. The number of hydrogen-bond donors (Lipinski definition) is 3. The van der Waals surface area contributed by atoms with Gasteiger partial charge in [0.05, 0.1) is 0 Å². The molecule has 16 heavy (non-hydrogen) atoms. The zero-order chi connectivity index (χ0) is 11.1. The van der Waals surface area contributed by atoms with E-state index in [1.165, 1.54) is 0 Å². The largest absolute Gasteiger partial charge is 0.366 e. The van der Waals surface area contributed by atoms with E-state index in [0.29, 0.717) is 0 Å². The lowest BCUT2D eigenvalue weighted by Crippen LogP contribution is -2.20. The minimum Gasteiger partial charge on any atom is -0.366 e. The summed E-state index contributed by atoms with van der Waals surface area (Å²) in [5.74, 6) is 0. The van der Waals surface area contributed by atoms with Crippen LogP contribution in [-0.4, -0.2) is 27.7 Å². The Morgan fingerprint density at radius 1 is 1.31 bits per heavy atom. The van der Waals surface area contributed by atoms with Crippen molar-refractivity contribution in [1.82, 2.24) is 4.98 Å². The van der Waals surface area contributed by atoms with E-state index in [9.17, 15) is 10.2 Å². The van der Waals surface area contributed by atoms with Gasteiger partial charge in [0.1, 0.15) is 6.04 Å². The lowest BCUT2D eigenvalue weighted by Gasteiger charge is -2.18. The second-order valence-corrected chi connectivity index (χ2v) is 3.96. The van der Waals surface area contributed by atoms with E-state index in [1.807, 2.05) is 24.3 Å². The lowest BCUT2D eigenvalue weighted by atomic mass is 10.0. The van der Waals surface area contributed by atoms with E-state index in [4.69, 9.17) is 0 Å². The number of para-hydroxylation sites is 1. The fraction of sp³-hybridized carbons (Fsp3) is 0.250. The van der Waals surface area contributed by atoms with Crippen molar-refractivity contribution < 1.29 is 10.2 Å². The van der Waals surface area contributed by atoms with Crippen LogP contribution in [0.1, 0.15) is 17.3 Å². The number of aromatic nitrogens is 1. The fourth-order valence-corrected chi connectivity index (χ4v) is 2.25. The van der Waals surface area contributed by atoms with Crippen molar-refractivity contribution in [3.05, 3.63) is 35.5 Å². The van der Waals surface area contributed by atoms with E-state index >= 15 is 0 Å². The number of aliphatic hydroxyl groups excluding tert-OH is 1.